The first-order valence-electron chi connectivity index (χ1n) is 5.33. The SMILES string of the molecule is CCOC(=O)c1nnc2cc(C)ccc2c1N. The third kappa shape index (κ3) is 2.04. The largest absolute Gasteiger partial charge is 0.461 e. The molecule has 17 heavy (non-hydrogen) atoms. The lowest BCUT2D eigenvalue weighted by Crippen LogP contribution is -2.12. The van der Waals surface area contributed by atoms with Gasteiger partial charge >= 0.3 is 5.97 Å². The zero-order valence-corrected chi connectivity index (χ0v) is 9.73. The van der Waals surface area contributed by atoms with Gasteiger partial charge in [0.05, 0.1) is 17.8 Å². The van der Waals surface area contributed by atoms with Gasteiger partial charge in [0.1, 0.15) is 0 Å². The summed E-state index contributed by atoms with van der Waals surface area (Å²) in [6.45, 7) is 3.97. The number of anilines is 1. The number of nitrogens with two attached hydrogens (primary N) is 1. The van der Waals surface area contributed by atoms with Crippen LogP contribution in [0, 0.1) is 6.92 Å². The smallest absolute Gasteiger partial charge is 0.361 e. The normalized spacial score (nSPS) is 10.5. The molecule has 2 aromatic rings. The van der Waals surface area contributed by atoms with Gasteiger partial charge in [0.2, 0.25) is 0 Å². The van der Waals surface area contributed by atoms with Crippen LogP contribution in [0.3, 0.4) is 0 Å². The van der Waals surface area contributed by atoms with Crippen LogP contribution in [0.1, 0.15) is 23.0 Å². The first-order valence-corrected chi connectivity index (χ1v) is 5.33. The average molecular weight is 231 g/mol. The van der Waals surface area contributed by atoms with Crippen LogP contribution >= 0.6 is 0 Å². The summed E-state index contributed by atoms with van der Waals surface area (Å²) in [5.74, 6) is -0.542. The van der Waals surface area contributed by atoms with Crippen molar-refractivity contribution in [3.05, 3.63) is 29.5 Å². The fourth-order valence-electron chi connectivity index (χ4n) is 1.59. The number of nitrogens with zero attached hydrogens (tertiary/aromatic N) is 2. The molecule has 0 bridgehead atoms. The van der Waals surface area contributed by atoms with E-state index >= 15 is 0 Å². The van der Waals surface area contributed by atoms with E-state index in [-0.39, 0.29) is 12.3 Å². The van der Waals surface area contributed by atoms with Crippen LogP contribution in [0.4, 0.5) is 5.69 Å². The van der Waals surface area contributed by atoms with Crippen molar-refractivity contribution in [2.75, 3.05) is 12.3 Å². The maximum absolute atomic E-state index is 11.6. The molecule has 5 nitrogen and oxygen atoms in total. The summed E-state index contributed by atoms with van der Waals surface area (Å²) in [5.41, 5.74) is 8.02. The highest BCUT2D eigenvalue weighted by molar-refractivity contribution is 6.02. The number of fused-ring (bicyclic) bond motifs is 1. The van der Waals surface area contributed by atoms with Gasteiger partial charge < -0.3 is 10.5 Å². The molecule has 0 spiro atoms. The number of hydrogen-bond donors (Lipinski definition) is 1. The molecule has 0 amide bonds. The predicted molar refractivity (Wildman–Crippen MR) is 64.6 cm³/mol. The molecule has 0 saturated carbocycles. The van der Waals surface area contributed by atoms with Crippen LogP contribution < -0.4 is 5.73 Å². The van der Waals surface area contributed by atoms with Crippen LogP contribution in [-0.4, -0.2) is 22.8 Å². The molecule has 1 aromatic carbocycles. The molecule has 0 radical (unpaired) electrons. The summed E-state index contributed by atoms with van der Waals surface area (Å²) in [6.07, 6.45) is 0. The van der Waals surface area contributed by atoms with Crippen molar-refractivity contribution in [2.45, 2.75) is 13.8 Å². The number of carbonyl (C=O) groups excluding carboxylic acids is 1. The molecule has 0 aliphatic rings. The number of esters is 1. The Labute approximate surface area is 98.6 Å². The van der Waals surface area contributed by atoms with E-state index in [1.54, 1.807) is 6.92 Å². The summed E-state index contributed by atoms with van der Waals surface area (Å²) in [6, 6.07) is 5.61. The van der Waals surface area contributed by atoms with E-state index in [0.717, 1.165) is 5.56 Å². The number of nitrogen functional groups attached to an aromatic ring is 1. The van der Waals surface area contributed by atoms with Crippen molar-refractivity contribution in [1.82, 2.24) is 10.2 Å². The molecule has 0 aliphatic heterocycles. The van der Waals surface area contributed by atoms with E-state index in [0.29, 0.717) is 16.6 Å². The lowest BCUT2D eigenvalue weighted by Gasteiger charge is -2.06. The molecule has 1 aromatic heterocycles. The number of benzene rings is 1. The van der Waals surface area contributed by atoms with Gasteiger partial charge in [-0.2, -0.15) is 0 Å². The minimum absolute atomic E-state index is 0.0724. The predicted octanol–water partition coefficient (Wildman–Crippen LogP) is 1.70. The van der Waals surface area contributed by atoms with Crippen LogP contribution in [0.5, 0.6) is 0 Å². The second-order valence-electron chi connectivity index (χ2n) is 3.70. The van der Waals surface area contributed by atoms with Gasteiger partial charge in [-0.05, 0) is 25.5 Å². The number of aromatic nitrogens is 2. The number of aryl methyl sites for hydroxylation is 1. The third-order valence-corrected chi connectivity index (χ3v) is 2.43. The Morgan fingerprint density at radius 1 is 1.41 bits per heavy atom. The van der Waals surface area contributed by atoms with E-state index in [1.165, 1.54) is 0 Å². The molecule has 2 rings (SSSR count). The summed E-state index contributed by atoms with van der Waals surface area (Å²) >= 11 is 0. The van der Waals surface area contributed by atoms with Crippen LogP contribution in [0.25, 0.3) is 10.9 Å². The van der Waals surface area contributed by atoms with Gasteiger partial charge in [-0.25, -0.2) is 4.79 Å². The van der Waals surface area contributed by atoms with Crippen LogP contribution in [-0.2, 0) is 4.74 Å². The third-order valence-electron chi connectivity index (χ3n) is 2.43. The lowest BCUT2D eigenvalue weighted by atomic mass is 10.1. The Morgan fingerprint density at radius 2 is 2.18 bits per heavy atom. The summed E-state index contributed by atoms with van der Waals surface area (Å²) in [5, 5.41) is 8.51. The van der Waals surface area contributed by atoms with E-state index in [2.05, 4.69) is 10.2 Å². The Bertz CT molecular complexity index is 581. The quantitative estimate of drug-likeness (QED) is 0.796. The van der Waals surface area contributed by atoms with Crippen molar-refractivity contribution in [3.8, 4) is 0 Å². The molecule has 2 N–H and O–H groups in total. The summed E-state index contributed by atoms with van der Waals surface area (Å²) in [7, 11) is 0. The minimum atomic E-state index is -0.542. The lowest BCUT2D eigenvalue weighted by molar-refractivity contribution is 0.0520. The fraction of sp³-hybridized carbons (Fsp3) is 0.250. The Balaban J connectivity index is 2.58. The zero-order chi connectivity index (χ0) is 12.4. The Morgan fingerprint density at radius 3 is 2.88 bits per heavy atom. The topological polar surface area (TPSA) is 78.1 Å². The van der Waals surface area contributed by atoms with Crippen molar-refractivity contribution in [1.29, 1.82) is 0 Å². The molecule has 0 saturated heterocycles. The Hall–Kier alpha value is -2.17. The zero-order valence-electron chi connectivity index (χ0n) is 9.73. The van der Waals surface area contributed by atoms with Crippen molar-refractivity contribution in [2.24, 2.45) is 0 Å². The summed E-state index contributed by atoms with van der Waals surface area (Å²) in [4.78, 5) is 11.6. The first kappa shape index (κ1) is 11.3. The average Bonchev–Trinajstić information content (AvgIpc) is 2.29. The fourth-order valence-corrected chi connectivity index (χ4v) is 1.59. The van der Waals surface area contributed by atoms with Gasteiger partial charge in [0, 0.05) is 5.39 Å². The molecule has 0 unspecified atom stereocenters. The van der Waals surface area contributed by atoms with Crippen molar-refractivity contribution < 1.29 is 9.53 Å². The van der Waals surface area contributed by atoms with Crippen LogP contribution in [0.15, 0.2) is 18.2 Å². The highest BCUT2D eigenvalue weighted by atomic mass is 16.5. The van der Waals surface area contributed by atoms with E-state index in [1.807, 2.05) is 25.1 Å². The first-order chi connectivity index (χ1) is 8.13. The van der Waals surface area contributed by atoms with Crippen LogP contribution in [0.2, 0.25) is 0 Å². The molecule has 88 valence electrons. The van der Waals surface area contributed by atoms with Crippen molar-refractivity contribution >= 4 is 22.6 Å². The highest BCUT2D eigenvalue weighted by Gasteiger charge is 2.16. The van der Waals surface area contributed by atoms with Gasteiger partial charge in [0.15, 0.2) is 5.69 Å². The van der Waals surface area contributed by atoms with Crippen molar-refractivity contribution in [3.63, 3.8) is 0 Å². The molecular weight excluding hydrogens is 218 g/mol. The van der Waals surface area contributed by atoms with E-state index in [9.17, 15) is 4.79 Å². The number of carbonyl (C=O) groups is 1. The molecule has 1 heterocycles. The highest BCUT2D eigenvalue weighted by Crippen LogP contribution is 2.22. The van der Waals surface area contributed by atoms with E-state index in [4.69, 9.17) is 10.5 Å². The number of rotatable bonds is 2. The second-order valence-corrected chi connectivity index (χ2v) is 3.70. The molecular formula is C12H13N3O2. The molecule has 0 aliphatic carbocycles. The maximum atomic E-state index is 11.6. The second kappa shape index (κ2) is 4.37. The standard InChI is InChI=1S/C12H13N3O2/c1-3-17-12(16)11-10(13)8-5-4-7(2)6-9(8)14-15-11/h4-6H,3H2,1-2H3,(H2,13,14). The monoisotopic (exact) mass is 231 g/mol. The number of hydrogen-bond acceptors (Lipinski definition) is 5. The molecule has 5 heteroatoms. The number of ether oxygens (including phenoxy) is 1. The molecule has 0 fully saturated rings. The molecule has 0 atom stereocenters. The van der Waals surface area contributed by atoms with Gasteiger partial charge in [-0.1, -0.05) is 12.1 Å². The maximum Gasteiger partial charge on any atom is 0.361 e. The van der Waals surface area contributed by atoms with Gasteiger partial charge in [-0.3, -0.25) is 0 Å². The summed E-state index contributed by atoms with van der Waals surface area (Å²) < 4.78 is 4.86. The van der Waals surface area contributed by atoms with Gasteiger partial charge in [0.25, 0.3) is 0 Å². The minimum Gasteiger partial charge on any atom is -0.461 e. The van der Waals surface area contributed by atoms with Gasteiger partial charge in [-0.15, -0.1) is 10.2 Å². The Kier molecular flexibility index (Phi) is 2.91. The van der Waals surface area contributed by atoms with E-state index < -0.39 is 5.97 Å².